The summed E-state index contributed by atoms with van der Waals surface area (Å²) in [6, 6.07) is 6.22. The third kappa shape index (κ3) is 2.32. The van der Waals surface area contributed by atoms with E-state index < -0.39 is 12.1 Å². The predicted octanol–water partition coefficient (Wildman–Crippen LogP) is 1.62. The van der Waals surface area contributed by atoms with Crippen molar-refractivity contribution in [2.24, 2.45) is 5.92 Å². The van der Waals surface area contributed by atoms with Crippen LogP contribution in [0.15, 0.2) is 24.3 Å². The minimum atomic E-state index is -0.717. The molecule has 3 atom stereocenters. The molecule has 0 radical (unpaired) electrons. The van der Waals surface area contributed by atoms with Crippen LogP contribution in [0.5, 0.6) is 0 Å². The van der Waals surface area contributed by atoms with E-state index in [9.17, 15) is 14.0 Å². The standard InChI is InChI=1S/C14H13FO4/c15-9-4-1-8(2-5-9)3-6-11-10-7-12(16)19-13(10)14(17)18-11/h1-2,4-5,10-11,13H,3,6-7H2/t10-,11-,13-/m0/s1. The van der Waals surface area contributed by atoms with Gasteiger partial charge in [0, 0.05) is 0 Å². The Morgan fingerprint density at radius 3 is 2.63 bits per heavy atom. The van der Waals surface area contributed by atoms with Crippen LogP contribution in [0.25, 0.3) is 0 Å². The Labute approximate surface area is 109 Å². The largest absolute Gasteiger partial charge is 0.459 e. The summed E-state index contributed by atoms with van der Waals surface area (Å²) in [6.45, 7) is 0. The number of rotatable bonds is 3. The van der Waals surface area contributed by atoms with Crippen LogP contribution in [0, 0.1) is 11.7 Å². The van der Waals surface area contributed by atoms with Crippen LogP contribution < -0.4 is 0 Å². The van der Waals surface area contributed by atoms with Crippen LogP contribution >= 0.6 is 0 Å². The first-order chi connectivity index (χ1) is 9.13. The van der Waals surface area contributed by atoms with Crippen molar-refractivity contribution < 1.29 is 23.5 Å². The summed E-state index contributed by atoms with van der Waals surface area (Å²) in [5, 5.41) is 0. The molecule has 100 valence electrons. The molecule has 0 aromatic heterocycles. The molecule has 0 amide bonds. The maximum atomic E-state index is 12.8. The lowest BCUT2D eigenvalue weighted by molar-refractivity contribution is -0.158. The molecule has 0 N–H and O–H groups in total. The Bertz CT molecular complexity index is 511. The number of esters is 2. The van der Waals surface area contributed by atoms with Crippen molar-refractivity contribution in [3.8, 4) is 0 Å². The number of ether oxygens (including phenoxy) is 2. The van der Waals surface area contributed by atoms with Gasteiger partial charge in [0.1, 0.15) is 11.9 Å². The Morgan fingerprint density at radius 2 is 1.89 bits per heavy atom. The average Bonchev–Trinajstić information content (AvgIpc) is 2.89. The highest BCUT2D eigenvalue weighted by atomic mass is 19.1. The van der Waals surface area contributed by atoms with Crippen LogP contribution in [0.2, 0.25) is 0 Å². The monoisotopic (exact) mass is 264 g/mol. The molecule has 2 aliphatic heterocycles. The van der Waals surface area contributed by atoms with Crippen LogP contribution in [0.4, 0.5) is 4.39 Å². The molecule has 1 aromatic rings. The highest BCUT2D eigenvalue weighted by Gasteiger charge is 2.52. The Hall–Kier alpha value is -1.91. The van der Waals surface area contributed by atoms with E-state index in [4.69, 9.17) is 9.47 Å². The Balaban J connectivity index is 1.63. The third-order valence-electron chi connectivity index (χ3n) is 3.66. The van der Waals surface area contributed by atoms with Crippen molar-refractivity contribution in [1.82, 2.24) is 0 Å². The second-order valence-electron chi connectivity index (χ2n) is 4.92. The van der Waals surface area contributed by atoms with Gasteiger partial charge >= 0.3 is 11.9 Å². The number of fused-ring (bicyclic) bond motifs is 1. The molecule has 2 fully saturated rings. The molecule has 2 heterocycles. The first kappa shape index (κ1) is 12.1. The average molecular weight is 264 g/mol. The van der Waals surface area contributed by atoms with E-state index in [1.54, 1.807) is 12.1 Å². The summed E-state index contributed by atoms with van der Waals surface area (Å²) in [4.78, 5) is 22.7. The lowest BCUT2D eigenvalue weighted by atomic mass is 9.93. The van der Waals surface area contributed by atoms with E-state index in [1.807, 2.05) is 0 Å². The molecule has 2 saturated heterocycles. The van der Waals surface area contributed by atoms with Gasteiger partial charge in [0.15, 0.2) is 0 Å². The van der Waals surface area contributed by atoms with Gasteiger partial charge in [-0.05, 0) is 30.5 Å². The molecular weight excluding hydrogens is 251 g/mol. The predicted molar refractivity (Wildman–Crippen MR) is 62.6 cm³/mol. The highest BCUT2D eigenvalue weighted by molar-refractivity contribution is 5.85. The van der Waals surface area contributed by atoms with Crippen LogP contribution in [-0.2, 0) is 25.5 Å². The van der Waals surface area contributed by atoms with Crippen LogP contribution in [0.3, 0.4) is 0 Å². The van der Waals surface area contributed by atoms with Gasteiger partial charge in [-0.3, -0.25) is 4.79 Å². The normalized spacial score (nSPS) is 29.0. The highest BCUT2D eigenvalue weighted by Crippen LogP contribution is 2.36. The summed E-state index contributed by atoms with van der Waals surface area (Å²) >= 11 is 0. The number of carbonyl (C=O) groups excluding carboxylic acids is 2. The van der Waals surface area contributed by atoms with Gasteiger partial charge in [0.2, 0.25) is 6.10 Å². The minimum absolute atomic E-state index is 0.166. The fourth-order valence-corrected chi connectivity index (χ4v) is 2.66. The molecule has 19 heavy (non-hydrogen) atoms. The van der Waals surface area contributed by atoms with Gasteiger partial charge in [-0.1, -0.05) is 12.1 Å². The fourth-order valence-electron chi connectivity index (χ4n) is 2.66. The summed E-state index contributed by atoms with van der Waals surface area (Å²) in [5.41, 5.74) is 0.978. The first-order valence-electron chi connectivity index (χ1n) is 6.28. The van der Waals surface area contributed by atoms with Gasteiger partial charge in [0.05, 0.1) is 12.3 Å². The molecule has 0 spiro atoms. The zero-order chi connectivity index (χ0) is 13.4. The van der Waals surface area contributed by atoms with E-state index in [1.165, 1.54) is 12.1 Å². The summed E-state index contributed by atoms with van der Waals surface area (Å²) in [6.07, 6.45) is 0.537. The van der Waals surface area contributed by atoms with Crippen molar-refractivity contribution in [3.63, 3.8) is 0 Å². The van der Waals surface area contributed by atoms with Crippen LogP contribution in [0.1, 0.15) is 18.4 Å². The zero-order valence-electron chi connectivity index (χ0n) is 10.2. The molecule has 5 heteroatoms. The quantitative estimate of drug-likeness (QED) is 0.778. The summed E-state index contributed by atoms with van der Waals surface area (Å²) < 4.78 is 22.9. The van der Waals surface area contributed by atoms with E-state index >= 15 is 0 Å². The number of cyclic esters (lactones) is 1. The van der Waals surface area contributed by atoms with E-state index in [0.717, 1.165) is 5.56 Å². The van der Waals surface area contributed by atoms with E-state index in [-0.39, 0.29) is 30.2 Å². The summed E-state index contributed by atoms with van der Waals surface area (Å²) in [7, 11) is 0. The summed E-state index contributed by atoms with van der Waals surface area (Å²) in [5.74, 6) is -1.22. The smallest absolute Gasteiger partial charge is 0.348 e. The molecule has 0 unspecified atom stereocenters. The van der Waals surface area contributed by atoms with Crippen molar-refractivity contribution in [2.45, 2.75) is 31.5 Å². The van der Waals surface area contributed by atoms with Gasteiger partial charge < -0.3 is 9.47 Å². The third-order valence-corrected chi connectivity index (χ3v) is 3.66. The first-order valence-corrected chi connectivity index (χ1v) is 6.28. The van der Waals surface area contributed by atoms with Crippen molar-refractivity contribution in [1.29, 1.82) is 0 Å². The molecule has 0 bridgehead atoms. The van der Waals surface area contributed by atoms with Crippen molar-refractivity contribution in [3.05, 3.63) is 35.6 Å². The zero-order valence-corrected chi connectivity index (χ0v) is 10.2. The van der Waals surface area contributed by atoms with E-state index in [2.05, 4.69) is 0 Å². The number of aryl methyl sites for hydroxylation is 1. The number of hydrogen-bond acceptors (Lipinski definition) is 4. The van der Waals surface area contributed by atoms with Crippen LogP contribution in [-0.4, -0.2) is 24.1 Å². The van der Waals surface area contributed by atoms with Gasteiger partial charge in [-0.15, -0.1) is 0 Å². The topological polar surface area (TPSA) is 52.6 Å². The molecular formula is C14H13FO4. The van der Waals surface area contributed by atoms with Gasteiger partial charge in [-0.2, -0.15) is 0 Å². The number of carbonyl (C=O) groups is 2. The lowest BCUT2D eigenvalue weighted by Gasteiger charge is -2.13. The maximum absolute atomic E-state index is 12.8. The second kappa shape index (κ2) is 4.64. The lowest BCUT2D eigenvalue weighted by Crippen LogP contribution is -2.21. The Kier molecular flexibility index (Phi) is 2.97. The molecule has 2 aliphatic rings. The number of hydrogen-bond donors (Lipinski definition) is 0. The van der Waals surface area contributed by atoms with Crippen molar-refractivity contribution >= 4 is 11.9 Å². The number of benzene rings is 1. The maximum Gasteiger partial charge on any atom is 0.348 e. The Morgan fingerprint density at radius 1 is 1.16 bits per heavy atom. The number of halogens is 1. The molecule has 0 aliphatic carbocycles. The second-order valence-corrected chi connectivity index (χ2v) is 4.92. The fraction of sp³-hybridized carbons (Fsp3) is 0.429. The molecule has 4 nitrogen and oxygen atoms in total. The van der Waals surface area contributed by atoms with Crippen molar-refractivity contribution in [2.75, 3.05) is 0 Å². The minimum Gasteiger partial charge on any atom is -0.459 e. The molecule has 1 aromatic carbocycles. The van der Waals surface area contributed by atoms with Gasteiger partial charge in [0.25, 0.3) is 0 Å². The molecule has 0 saturated carbocycles. The van der Waals surface area contributed by atoms with E-state index in [0.29, 0.717) is 12.8 Å². The van der Waals surface area contributed by atoms with Gasteiger partial charge in [-0.25, -0.2) is 9.18 Å². The molecule has 3 rings (SSSR count). The SMILES string of the molecule is O=C1C[C@H]2[C@H](CCc3ccc(F)cc3)OC(=O)[C@H]2O1.